The van der Waals surface area contributed by atoms with Crippen LogP contribution >= 0.6 is 11.8 Å². The van der Waals surface area contributed by atoms with Crippen LogP contribution in [0.1, 0.15) is 19.4 Å². The van der Waals surface area contributed by atoms with Crippen molar-refractivity contribution in [2.24, 2.45) is 0 Å². The Hall–Kier alpha value is -0.550. The van der Waals surface area contributed by atoms with Gasteiger partial charge in [0.25, 0.3) is 0 Å². The summed E-state index contributed by atoms with van der Waals surface area (Å²) < 4.78 is 11.3. The zero-order chi connectivity index (χ0) is 13.0. The average Bonchev–Trinajstić information content (AvgIpc) is 2.69. The van der Waals surface area contributed by atoms with Crippen molar-refractivity contribution in [1.29, 1.82) is 0 Å². The molecular weight excluding hydrogens is 248 g/mol. The predicted molar refractivity (Wildman–Crippen MR) is 72.9 cm³/mol. The number of rotatable bonds is 5. The van der Waals surface area contributed by atoms with Gasteiger partial charge in [0.05, 0.1) is 12.7 Å². The molecule has 0 bridgehead atoms. The van der Waals surface area contributed by atoms with Crippen LogP contribution in [-0.4, -0.2) is 36.0 Å². The summed E-state index contributed by atoms with van der Waals surface area (Å²) in [6.45, 7) is 4.76. The van der Waals surface area contributed by atoms with E-state index in [1.165, 1.54) is 10.5 Å². The van der Waals surface area contributed by atoms with Gasteiger partial charge >= 0.3 is 0 Å². The Labute approximate surface area is 112 Å². The first-order chi connectivity index (χ1) is 8.59. The summed E-state index contributed by atoms with van der Waals surface area (Å²) in [5, 5.41) is 8.85. The molecule has 18 heavy (non-hydrogen) atoms. The van der Waals surface area contributed by atoms with Crippen molar-refractivity contribution in [3.63, 3.8) is 0 Å². The minimum absolute atomic E-state index is 0.169. The second-order valence-electron chi connectivity index (χ2n) is 4.88. The molecule has 1 aliphatic heterocycles. The fourth-order valence-corrected chi connectivity index (χ4v) is 2.79. The van der Waals surface area contributed by atoms with E-state index < -0.39 is 5.79 Å². The van der Waals surface area contributed by atoms with Gasteiger partial charge in [-0.15, -0.1) is 11.8 Å². The summed E-state index contributed by atoms with van der Waals surface area (Å²) in [6, 6.07) is 8.32. The molecule has 3 nitrogen and oxygen atoms in total. The summed E-state index contributed by atoms with van der Waals surface area (Å²) in [5.74, 6) is 0.471. The van der Waals surface area contributed by atoms with E-state index in [1.54, 1.807) is 11.8 Å². The molecule has 1 aromatic carbocycles. The summed E-state index contributed by atoms with van der Waals surface area (Å²) in [5.41, 5.74) is 1.17. The average molecular weight is 268 g/mol. The maximum atomic E-state index is 8.85. The number of hydrogen-bond acceptors (Lipinski definition) is 4. The number of thioether (sulfide) groups is 1. The van der Waals surface area contributed by atoms with Gasteiger partial charge in [-0.3, -0.25) is 0 Å². The number of ether oxygens (including phenoxy) is 2. The molecule has 0 spiro atoms. The Kier molecular flexibility index (Phi) is 4.67. The fraction of sp³-hybridized carbons (Fsp3) is 0.571. The molecule has 1 saturated heterocycles. The van der Waals surface area contributed by atoms with Crippen molar-refractivity contribution in [1.82, 2.24) is 0 Å². The molecule has 0 amide bonds. The van der Waals surface area contributed by atoms with E-state index >= 15 is 0 Å². The Morgan fingerprint density at radius 1 is 1.33 bits per heavy atom. The zero-order valence-corrected chi connectivity index (χ0v) is 11.7. The molecule has 1 aromatic rings. The highest BCUT2D eigenvalue weighted by Crippen LogP contribution is 2.27. The molecule has 0 saturated carbocycles. The van der Waals surface area contributed by atoms with Crippen molar-refractivity contribution in [2.75, 3.05) is 19.0 Å². The van der Waals surface area contributed by atoms with Gasteiger partial charge in [-0.2, -0.15) is 0 Å². The Bertz CT molecular complexity index is 375. The van der Waals surface area contributed by atoms with Crippen LogP contribution in [0.3, 0.4) is 0 Å². The van der Waals surface area contributed by atoms with Crippen LogP contribution in [0.25, 0.3) is 0 Å². The Morgan fingerprint density at radius 3 is 2.61 bits per heavy atom. The quantitative estimate of drug-likeness (QED) is 0.833. The first kappa shape index (κ1) is 13.9. The number of aliphatic hydroxyl groups is 1. The van der Waals surface area contributed by atoms with Gasteiger partial charge in [0.15, 0.2) is 5.79 Å². The van der Waals surface area contributed by atoms with Crippen LogP contribution < -0.4 is 0 Å². The second-order valence-corrected chi connectivity index (χ2v) is 5.97. The molecule has 2 rings (SSSR count). The summed E-state index contributed by atoms with van der Waals surface area (Å²) >= 11 is 1.78. The highest BCUT2D eigenvalue weighted by atomic mass is 32.2. The molecule has 0 aromatic heterocycles. The molecule has 1 N–H and O–H groups in total. The lowest BCUT2D eigenvalue weighted by Crippen LogP contribution is -2.22. The third-order valence-corrected chi connectivity index (χ3v) is 3.97. The maximum Gasteiger partial charge on any atom is 0.163 e. The van der Waals surface area contributed by atoms with Crippen molar-refractivity contribution in [2.45, 2.75) is 37.1 Å². The Balaban J connectivity index is 1.80. The summed E-state index contributed by atoms with van der Waals surface area (Å²) in [7, 11) is 0. The minimum Gasteiger partial charge on any atom is -0.396 e. The lowest BCUT2D eigenvalue weighted by molar-refractivity contribution is -0.135. The van der Waals surface area contributed by atoms with E-state index in [9.17, 15) is 0 Å². The first-order valence-electron chi connectivity index (χ1n) is 6.23. The molecule has 0 aliphatic carbocycles. The van der Waals surface area contributed by atoms with Gasteiger partial charge in [0, 0.05) is 17.3 Å². The van der Waals surface area contributed by atoms with Crippen LogP contribution in [0.4, 0.5) is 0 Å². The van der Waals surface area contributed by atoms with E-state index in [4.69, 9.17) is 14.6 Å². The van der Waals surface area contributed by atoms with E-state index in [0.29, 0.717) is 6.61 Å². The molecule has 1 heterocycles. The van der Waals surface area contributed by atoms with E-state index in [0.717, 1.165) is 12.2 Å². The highest BCUT2D eigenvalue weighted by molar-refractivity contribution is 7.99. The smallest absolute Gasteiger partial charge is 0.163 e. The molecule has 0 radical (unpaired) electrons. The normalized spacial score (nSPS) is 22.3. The summed E-state index contributed by atoms with van der Waals surface area (Å²) in [6.07, 6.45) is 0.890. The minimum atomic E-state index is -0.434. The van der Waals surface area contributed by atoms with Crippen molar-refractivity contribution >= 4 is 11.8 Å². The van der Waals surface area contributed by atoms with Crippen molar-refractivity contribution in [3.05, 3.63) is 29.8 Å². The molecule has 100 valence electrons. The van der Waals surface area contributed by atoms with Crippen molar-refractivity contribution in [3.8, 4) is 0 Å². The van der Waals surface area contributed by atoms with Crippen LogP contribution in [0, 0.1) is 0 Å². The van der Waals surface area contributed by atoms with Gasteiger partial charge < -0.3 is 14.6 Å². The van der Waals surface area contributed by atoms with Gasteiger partial charge in [0.1, 0.15) is 0 Å². The number of aliphatic hydroxyl groups excluding tert-OH is 1. The second kappa shape index (κ2) is 6.06. The molecule has 1 fully saturated rings. The molecule has 1 aliphatic rings. The van der Waals surface area contributed by atoms with E-state index in [2.05, 4.69) is 24.3 Å². The van der Waals surface area contributed by atoms with Crippen LogP contribution in [-0.2, 0) is 15.9 Å². The van der Waals surface area contributed by atoms with Gasteiger partial charge in [-0.1, -0.05) is 12.1 Å². The third kappa shape index (κ3) is 3.99. The molecule has 0 unspecified atom stereocenters. The maximum absolute atomic E-state index is 8.85. The number of benzene rings is 1. The predicted octanol–water partition coefficient (Wildman–Crippen LogP) is 2.47. The molecule has 4 heteroatoms. The Morgan fingerprint density at radius 2 is 2.06 bits per heavy atom. The zero-order valence-electron chi connectivity index (χ0n) is 10.9. The van der Waals surface area contributed by atoms with Crippen LogP contribution in [0.15, 0.2) is 29.2 Å². The molecule has 1 atom stereocenters. The van der Waals surface area contributed by atoms with Crippen molar-refractivity contribution < 1.29 is 14.6 Å². The number of hydrogen-bond donors (Lipinski definition) is 1. The highest BCUT2D eigenvalue weighted by Gasteiger charge is 2.32. The van der Waals surface area contributed by atoms with Gasteiger partial charge in [0.2, 0.25) is 0 Å². The molecular formula is C14H20O3S. The van der Waals surface area contributed by atoms with E-state index in [1.807, 2.05) is 13.8 Å². The monoisotopic (exact) mass is 268 g/mol. The first-order valence-corrected chi connectivity index (χ1v) is 7.22. The van der Waals surface area contributed by atoms with Gasteiger partial charge in [-0.05, 0) is 38.0 Å². The lowest BCUT2D eigenvalue weighted by Gasteiger charge is -2.16. The van der Waals surface area contributed by atoms with Gasteiger partial charge in [-0.25, -0.2) is 0 Å². The van der Waals surface area contributed by atoms with Crippen LogP contribution in [0.5, 0.6) is 0 Å². The summed E-state index contributed by atoms with van der Waals surface area (Å²) in [4.78, 5) is 1.23. The standard InChI is InChI=1S/C14H20O3S/c1-14(2)16-9-12(17-14)10-18-13-5-3-11(4-6-13)7-8-15/h3-6,12,15H,7-10H2,1-2H3/t12-/m0/s1. The largest absolute Gasteiger partial charge is 0.396 e. The fourth-order valence-electron chi connectivity index (χ4n) is 1.92. The van der Waals surface area contributed by atoms with E-state index in [-0.39, 0.29) is 12.7 Å². The SMILES string of the molecule is CC1(C)OC[C@@H](CSc2ccc(CCO)cc2)O1. The lowest BCUT2D eigenvalue weighted by atomic mass is 10.2. The third-order valence-electron chi connectivity index (χ3n) is 2.83. The van der Waals surface area contributed by atoms with Crippen LogP contribution in [0.2, 0.25) is 0 Å². The topological polar surface area (TPSA) is 38.7 Å².